The second-order valence-electron chi connectivity index (χ2n) is 7.25. The first kappa shape index (κ1) is 26.8. The second-order valence-corrected chi connectivity index (χ2v) is 9.90. The van der Waals surface area contributed by atoms with Crippen LogP contribution in [0.2, 0.25) is 0 Å². The van der Waals surface area contributed by atoms with E-state index in [2.05, 4.69) is 22.6 Å². The minimum absolute atomic E-state index is 0.0669. The number of phosphoric acid groups is 1. The van der Waals surface area contributed by atoms with Crippen molar-refractivity contribution < 1.29 is 46.8 Å². The Labute approximate surface area is 189 Å². The molecule has 170 valence electrons. The SMILES string of the molecule is CC(=O)OC[C@H](COP(=O)([O-])OCC[N+](C)(C)C)OC(=O)COc1ccc(I)cc1. The fourth-order valence-electron chi connectivity index (χ4n) is 1.86. The third-order valence-corrected chi connectivity index (χ3v) is 5.05. The molecule has 30 heavy (non-hydrogen) atoms. The van der Waals surface area contributed by atoms with Crippen molar-refractivity contribution in [1.82, 2.24) is 0 Å². The lowest BCUT2D eigenvalue weighted by atomic mass is 10.3. The van der Waals surface area contributed by atoms with Gasteiger partial charge in [0.1, 0.15) is 25.5 Å². The molecule has 0 radical (unpaired) electrons. The summed E-state index contributed by atoms with van der Waals surface area (Å²) in [4.78, 5) is 34.9. The van der Waals surface area contributed by atoms with Crippen LogP contribution in [0.3, 0.4) is 0 Å². The Morgan fingerprint density at radius 2 is 1.77 bits per heavy atom. The van der Waals surface area contributed by atoms with Gasteiger partial charge in [-0.2, -0.15) is 0 Å². The van der Waals surface area contributed by atoms with Crippen molar-refractivity contribution in [3.8, 4) is 5.75 Å². The molecule has 1 aromatic carbocycles. The molecule has 1 aromatic rings. The average Bonchev–Trinajstić information content (AvgIpc) is 2.62. The molecule has 0 N–H and O–H groups in total. The van der Waals surface area contributed by atoms with Gasteiger partial charge in [-0.05, 0) is 46.9 Å². The molecule has 0 heterocycles. The van der Waals surface area contributed by atoms with Crippen LogP contribution in [0.15, 0.2) is 24.3 Å². The lowest BCUT2D eigenvalue weighted by molar-refractivity contribution is -0.870. The minimum atomic E-state index is -4.61. The van der Waals surface area contributed by atoms with E-state index in [1.165, 1.54) is 6.92 Å². The Bertz CT molecular complexity index is 736. The molecule has 0 bridgehead atoms. The summed E-state index contributed by atoms with van der Waals surface area (Å²) in [5, 5.41) is 0. The van der Waals surface area contributed by atoms with Crippen LogP contribution in [0.5, 0.6) is 5.75 Å². The largest absolute Gasteiger partial charge is 0.756 e. The Morgan fingerprint density at radius 1 is 1.13 bits per heavy atom. The average molecular weight is 559 g/mol. The van der Waals surface area contributed by atoms with Crippen molar-refractivity contribution in [1.29, 1.82) is 0 Å². The van der Waals surface area contributed by atoms with E-state index in [4.69, 9.17) is 23.3 Å². The smallest absolute Gasteiger partial charge is 0.344 e. The van der Waals surface area contributed by atoms with Crippen molar-refractivity contribution in [3.63, 3.8) is 0 Å². The summed E-state index contributed by atoms with van der Waals surface area (Å²) >= 11 is 2.13. The lowest BCUT2D eigenvalue weighted by Gasteiger charge is -2.28. The number of rotatable bonds is 13. The number of phosphoric ester groups is 1. The molecule has 2 atom stereocenters. The van der Waals surface area contributed by atoms with Crippen molar-refractivity contribution in [3.05, 3.63) is 27.8 Å². The van der Waals surface area contributed by atoms with Gasteiger partial charge in [-0.15, -0.1) is 0 Å². The number of hydrogen-bond donors (Lipinski definition) is 0. The molecule has 0 aliphatic heterocycles. The summed E-state index contributed by atoms with van der Waals surface area (Å²) in [6.07, 6.45) is -1.15. The summed E-state index contributed by atoms with van der Waals surface area (Å²) in [5.41, 5.74) is 0. The Morgan fingerprint density at radius 3 is 2.33 bits per heavy atom. The fourth-order valence-corrected chi connectivity index (χ4v) is 2.95. The third-order valence-electron chi connectivity index (χ3n) is 3.37. The van der Waals surface area contributed by atoms with Gasteiger partial charge in [0.2, 0.25) is 0 Å². The van der Waals surface area contributed by atoms with Crippen LogP contribution < -0.4 is 9.63 Å². The monoisotopic (exact) mass is 559 g/mol. The zero-order chi connectivity index (χ0) is 22.8. The zero-order valence-corrected chi connectivity index (χ0v) is 20.4. The molecular formula is C18H27INO9P. The van der Waals surface area contributed by atoms with E-state index < -0.39 is 39.1 Å². The predicted octanol–water partition coefficient (Wildman–Crippen LogP) is 1.35. The number of hydrogen-bond acceptors (Lipinski definition) is 9. The zero-order valence-electron chi connectivity index (χ0n) is 17.4. The van der Waals surface area contributed by atoms with E-state index in [1.54, 1.807) is 12.1 Å². The highest BCUT2D eigenvalue weighted by atomic mass is 127. The molecule has 0 spiro atoms. The Balaban J connectivity index is 2.54. The number of benzene rings is 1. The van der Waals surface area contributed by atoms with E-state index in [0.29, 0.717) is 16.8 Å². The maximum atomic E-state index is 12.0. The maximum absolute atomic E-state index is 12.0. The molecule has 0 aliphatic rings. The molecule has 0 amide bonds. The van der Waals surface area contributed by atoms with Crippen LogP contribution in [0.4, 0.5) is 0 Å². The fraction of sp³-hybridized carbons (Fsp3) is 0.556. The summed E-state index contributed by atoms with van der Waals surface area (Å²) < 4.78 is 38.2. The highest BCUT2D eigenvalue weighted by Gasteiger charge is 2.21. The van der Waals surface area contributed by atoms with Gasteiger partial charge in [-0.3, -0.25) is 9.36 Å². The summed E-state index contributed by atoms with van der Waals surface area (Å²) in [6.45, 7) is 0.204. The van der Waals surface area contributed by atoms with Crippen LogP contribution in [-0.2, 0) is 32.7 Å². The quantitative estimate of drug-likeness (QED) is 0.153. The number of carbonyl (C=O) groups is 2. The van der Waals surface area contributed by atoms with Crippen LogP contribution >= 0.6 is 30.4 Å². The Hall–Kier alpha value is -1.24. The maximum Gasteiger partial charge on any atom is 0.344 e. The number of ether oxygens (including phenoxy) is 3. The number of halogens is 1. The highest BCUT2D eigenvalue weighted by molar-refractivity contribution is 14.1. The number of carbonyl (C=O) groups excluding carboxylic acids is 2. The van der Waals surface area contributed by atoms with Gasteiger partial charge < -0.3 is 32.6 Å². The lowest BCUT2D eigenvalue weighted by Crippen LogP contribution is -2.37. The molecule has 1 unspecified atom stereocenters. The number of likely N-dealkylation sites (N-methyl/N-ethyl adjacent to an activating group) is 1. The number of nitrogens with zero attached hydrogens (tertiary/aromatic N) is 1. The molecule has 10 nitrogen and oxygen atoms in total. The summed E-state index contributed by atoms with van der Waals surface area (Å²) in [7, 11) is 1.03. The molecule has 12 heteroatoms. The van der Waals surface area contributed by atoms with Crippen LogP contribution in [0.25, 0.3) is 0 Å². The van der Waals surface area contributed by atoms with E-state index in [1.807, 2.05) is 33.3 Å². The molecule has 0 aliphatic carbocycles. The normalized spacial score (nSPS) is 14.5. The van der Waals surface area contributed by atoms with Crippen LogP contribution in [0.1, 0.15) is 6.92 Å². The number of quaternary nitrogens is 1. The van der Waals surface area contributed by atoms with Gasteiger partial charge in [0.25, 0.3) is 7.82 Å². The van der Waals surface area contributed by atoms with Gasteiger partial charge in [0.05, 0.1) is 27.7 Å². The van der Waals surface area contributed by atoms with E-state index >= 15 is 0 Å². The second kappa shape index (κ2) is 12.6. The van der Waals surface area contributed by atoms with Crippen molar-refractivity contribution in [2.75, 3.05) is 54.1 Å². The minimum Gasteiger partial charge on any atom is -0.756 e. The molecular weight excluding hydrogens is 532 g/mol. The van der Waals surface area contributed by atoms with Gasteiger partial charge in [-0.25, -0.2) is 4.79 Å². The topological polar surface area (TPSA) is 120 Å². The van der Waals surface area contributed by atoms with E-state index in [9.17, 15) is 19.0 Å². The molecule has 0 saturated heterocycles. The molecule has 0 aromatic heterocycles. The summed E-state index contributed by atoms with van der Waals surface area (Å²) in [6, 6.07) is 7.00. The number of esters is 2. The molecule has 1 rings (SSSR count). The van der Waals surface area contributed by atoms with E-state index in [0.717, 1.165) is 3.57 Å². The van der Waals surface area contributed by atoms with Gasteiger partial charge in [-0.1, -0.05) is 0 Å². The highest BCUT2D eigenvalue weighted by Crippen LogP contribution is 2.38. The molecule has 0 saturated carbocycles. The van der Waals surface area contributed by atoms with Crippen molar-refractivity contribution >= 4 is 42.4 Å². The van der Waals surface area contributed by atoms with E-state index in [-0.39, 0.29) is 13.2 Å². The first-order valence-corrected chi connectivity index (χ1v) is 11.5. The van der Waals surface area contributed by atoms with Crippen LogP contribution in [-0.4, -0.2) is 76.6 Å². The van der Waals surface area contributed by atoms with Crippen molar-refractivity contribution in [2.24, 2.45) is 0 Å². The van der Waals surface area contributed by atoms with Crippen molar-refractivity contribution in [2.45, 2.75) is 13.0 Å². The van der Waals surface area contributed by atoms with Gasteiger partial charge in [0, 0.05) is 10.5 Å². The third kappa shape index (κ3) is 13.1. The Kier molecular flexibility index (Phi) is 11.2. The molecule has 0 fully saturated rings. The summed E-state index contributed by atoms with van der Waals surface area (Å²) in [5.74, 6) is -0.925. The van der Waals surface area contributed by atoms with Gasteiger partial charge in [0.15, 0.2) is 12.7 Å². The van der Waals surface area contributed by atoms with Crippen LogP contribution in [0, 0.1) is 3.57 Å². The van der Waals surface area contributed by atoms with Gasteiger partial charge >= 0.3 is 11.9 Å². The standard InChI is InChI=1S/C18H27INO9P/c1-14(21)25-11-17(12-28-30(23,24)27-10-9-20(2,3)4)29-18(22)13-26-16-7-5-15(19)6-8-16/h5-8,17H,9-13H2,1-4H3/t17-/m1/s1. The predicted molar refractivity (Wildman–Crippen MR) is 114 cm³/mol. The first-order chi connectivity index (χ1) is 13.9. The first-order valence-electron chi connectivity index (χ1n) is 8.98.